The van der Waals surface area contributed by atoms with E-state index in [1.54, 1.807) is 0 Å². The van der Waals surface area contributed by atoms with Gasteiger partial charge in [-0.1, -0.05) is 22.4 Å². The molecule has 2 unspecified atom stereocenters. The van der Waals surface area contributed by atoms with Crippen LogP contribution in [0.15, 0.2) is 16.6 Å². The maximum atomic E-state index is 5.82. The summed E-state index contributed by atoms with van der Waals surface area (Å²) < 4.78 is 7.02. The van der Waals surface area contributed by atoms with Gasteiger partial charge in [0.25, 0.3) is 0 Å². The summed E-state index contributed by atoms with van der Waals surface area (Å²) in [5.41, 5.74) is 2.77. The zero-order valence-electron chi connectivity index (χ0n) is 10.8. The molecule has 1 aromatic rings. The van der Waals surface area contributed by atoms with Gasteiger partial charge < -0.3 is 10.1 Å². The van der Waals surface area contributed by atoms with Crippen molar-refractivity contribution in [1.82, 2.24) is 5.32 Å². The van der Waals surface area contributed by atoms with Crippen LogP contribution in [0.4, 0.5) is 0 Å². The molecule has 2 atom stereocenters. The molecule has 0 aromatic heterocycles. The smallest absolute Gasteiger partial charge is 0.125 e. The van der Waals surface area contributed by atoms with E-state index in [0.29, 0.717) is 6.04 Å². The molecule has 3 rings (SSSR count). The summed E-state index contributed by atoms with van der Waals surface area (Å²) in [6, 6.07) is 5.13. The van der Waals surface area contributed by atoms with E-state index in [1.165, 1.54) is 40.6 Å². The molecule has 1 N–H and O–H groups in total. The molecular weight excluding hydrogens is 290 g/mol. The molecule has 1 aromatic carbocycles. The highest BCUT2D eigenvalue weighted by molar-refractivity contribution is 9.10. The Balaban J connectivity index is 1.84. The SMILES string of the molecule is CNC1CCCC1Cc1cc(Br)cc2c1OCC2. The van der Waals surface area contributed by atoms with E-state index in [9.17, 15) is 0 Å². The summed E-state index contributed by atoms with van der Waals surface area (Å²) in [6.07, 6.45) is 6.22. The summed E-state index contributed by atoms with van der Waals surface area (Å²) >= 11 is 3.63. The third-order valence-corrected chi connectivity index (χ3v) is 4.80. The molecule has 1 saturated carbocycles. The van der Waals surface area contributed by atoms with Crippen LogP contribution in [0, 0.1) is 5.92 Å². The van der Waals surface area contributed by atoms with E-state index in [1.807, 2.05) is 0 Å². The highest BCUT2D eigenvalue weighted by Crippen LogP contribution is 2.37. The zero-order valence-corrected chi connectivity index (χ0v) is 12.4. The van der Waals surface area contributed by atoms with Crippen molar-refractivity contribution in [3.63, 3.8) is 0 Å². The fourth-order valence-corrected chi connectivity index (χ4v) is 3.99. The first-order valence-corrected chi connectivity index (χ1v) is 7.68. The molecule has 1 fully saturated rings. The second-order valence-corrected chi connectivity index (χ2v) is 6.36. The zero-order chi connectivity index (χ0) is 12.5. The molecule has 2 nitrogen and oxygen atoms in total. The molecule has 1 aliphatic heterocycles. The van der Waals surface area contributed by atoms with E-state index >= 15 is 0 Å². The standard InChI is InChI=1S/C15H20BrNO/c1-17-14-4-2-3-10(14)7-12-9-13(16)8-11-5-6-18-15(11)12/h8-10,14,17H,2-7H2,1H3. The topological polar surface area (TPSA) is 21.3 Å². The van der Waals surface area contributed by atoms with Gasteiger partial charge in [0.15, 0.2) is 0 Å². The van der Waals surface area contributed by atoms with Crippen molar-refractivity contribution in [2.24, 2.45) is 5.92 Å². The monoisotopic (exact) mass is 309 g/mol. The van der Waals surface area contributed by atoms with Crippen LogP contribution >= 0.6 is 15.9 Å². The Morgan fingerprint density at radius 3 is 3.11 bits per heavy atom. The predicted octanol–water partition coefficient (Wildman–Crippen LogP) is 3.31. The number of ether oxygens (including phenoxy) is 1. The second kappa shape index (κ2) is 5.22. The Labute approximate surface area is 117 Å². The van der Waals surface area contributed by atoms with E-state index in [4.69, 9.17) is 4.74 Å². The minimum absolute atomic E-state index is 0.682. The van der Waals surface area contributed by atoms with Gasteiger partial charge in [0, 0.05) is 16.9 Å². The fraction of sp³-hybridized carbons (Fsp3) is 0.600. The first kappa shape index (κ1) is 12.5. The van der Waals surface area contributed by atoms with Crippen LogP contribution in [0.1, 0.15) is 30.4 Å². The maximum Gasteiger partial charge on any atom is 0.125 e. The van der Waals surface area contributed by atoms with Crippen LogP contribution in [0.25, 0.3) is 0 Å². The van der Waals surface area contributed by atoms with Crippen LogP contribution in [-0.4, -0.2) is 19.7 Å². The number of halogens is 1. The number of hydrogen-bond donors (Lipinski definition) is 1. The van der Waals surface area contributed by atoms with Crippen molar-refractivity contribution in [3.05, 3.63) is 27.7 Å². The predicted molar refractivity (Wildman–Crippen MR) is 77.2 cm³/mol. The number of rotatable bonds is 3. The Kier molecular flexibility index (Phi) is 3.62. The summed E-state index contributed by atoms with van der Waals surface area (Å²) in [5, 5.41) is 3.46. The van der Waals surface area contributed by atoms with Crippen molar-refractivity contribution in [2.45, 2.75) is 38.1 Å². The quantitative estimate of drug-likeness (QED) is 0.925. The van der Waals surface area contributed by atoms with E-state index in [-0.39, 0.29) is 0 Å². The summed E-state index contributed by atoms with van der Waals surface area (Å²) in [4.78, 5) is 0. The summed E-state index contributed by atoms with van der Waals surface area (Å²) in [5.74, 6) is 1.93. The minimum Gasteiger partial charge on any atom is -0.493 e. The Morgan fingerprint density at radius 1 is 1.39 bits per heavy atom. The molecule has 2 aliphatic rings. The van der Waals surface area contributed by atoms with Gasteiger partial charge in [-0.15, -0.1) is 0 Å². The third kappa shape index (κ3) is 2.30. The molecule has 0 spiro atoms. The molecule has 98 valence electrons. The molecule has 0 radical (unpaired) electrons. The van der Waals surface area contributed by atoms with Crippen LogP contribution < -0.4 is 10.1 Å². The van der Waals surface area contributed by atoms with Gasteiger partial charge in [0.2, 0.25) is 0 Å². The van der Waals surface area contributed by atoms with Gasteiger partial charge in [0.05, 0.1) is 6.61 Å². The van der Waals surface area contributed by atoms with Crippen LogP contribution in [0.3, 0.4) is 0 Å². The third-order valence-electron chi connectivity index (χ3n) is 4.34. The van der Waals surface area contributed by atoms with Gasteiger partial charge in [-0.25, -0.2) is 0 Å². The summed E-state index contributed by atoms with van der Waals surface area (Å²) in [6.45, 7) is 0.846. The highest BCUT2D eigenvalue weighted by Gasteiger charge is 2.28. The first-order chi connectivity index (χ1) is 8.78. The number of nitrogens with one attached hydrogen (secondary N) is 1. The normalized spacial score (nSPS) is 26.1. The van der Waals surface area contributed by atoms with Crippen LogP contribution in [0.5, 0.6) is 5.75 Å². The van der Waals surface area contributed by atoms with Crippen molar-refractivity contribution in [3.8, 4) is 5.75 Å². The van der Waals surface area contributed by atoms with E-state index < -0.39 is 0 Å². The highest BCUT2D eigenvalue weighted by atomic mass is 79.9. The lowest BCUT2D eigenvalue weighted by Crippen LogP contribution is -2.30. The van der Waals surface area contributed by atoms with Gasteiger partial charge in [0.1, 0.15) is 5.75 Å². The van der Waals surface area contributed by atoms with E-state index in [0.717, 1.165) is 25.4 Å². The average Bonchev–Trinajstić information content (AvgIpc) is 2.96. The fourth-order valence-electron chi connectivity index (χ4n) is 3.44. The van der Waals surface area contributed by atoms with Crippen molar-refractivity contribution < 1.29 is 4.74 Å². The molecule has 0 bridgehead atoms. The second-order valence-electron chi connectivity index (χ2n) is 5.44. The first-order valence-electron chi connectivity index (χ1n) is 6.89. The minimum atomic E-state index is 0.682. The molecule has 1 heterocycles. The van der Waals surface area contributed by atoms with Gasteiger partial charge in [-0.2, -0.15) is 0 Å². The van der Waals surface area contributed by atoms with Gasteiger partial charge >= 0.3 is 0 Å². The summed E-state index contributed by atoms with van der Waals surface area (Å²) in [7, 11) is 2.09. The van der Waals surface area contributed by atoms with Crippen molar-refractivity contribution >= 4 is 15.9 Å². The Bertz CT molecular complexity index is 446. The molecule has 0 amide bonds. The largest absolute Gasteiger partial charge is 0.493 e. The molecule has 3 heteroatoms. The van der Waals surface area contributed by atoms with Crippen LogP contribution in [-0.2, 0) is 12.8 Å². The average molecular weight is 310 g/mol. The van der Waals surface area contributed by atoms with Crippen molar-refractivity contribution in [2.75, 3.05) is 13.7 Å². The Hall–Kier alpha value is -0.540. The lowest BCUT2D eigenvalue weighted by atomic mass is 9.93. The molecule has 1 aliphatic carbocycles. The molecule has 18 heavy (non-hydrogen) atoms. The van der Waals surface area contributed by atoms with Gasteiger partial charge in [-0.05, 0) is 55.5 Å². The number of hydrogen-bond acceptors (Lipinski definition) is 2. The van der Waals surface area contributed by atoms with Crippen LogP contribution in [0.2, 0.25) is 0 Å². The lowest BCUT2D eigenvalue weighted by Gasteiger charge is -2.20. The lowest BCUT2D eigenvalue weighted by molar-refractivity contribution is 0.347. The maximum absolute atomic E-state index is 5.82. The number of fused-ring (bicyclic) bond motifs is 1. The van der Waals surface area contributed by atoms with E-state index in [2.05, 4.69) is 40.4 Å². The number of benzene rings is 1. The van der Waals surface area contributed by atoms with Gasteiger partial charge in [-0.3, -0.25) is 0 Å². The molecular formula is C15H20BrNO. The van der Waals surface area contributed by atoms with Crippen molar-refractivity contribution in [1.29, 1.82) is 0 Å². The Morgan fingerprint density at radius 2 is 2.28 bits per heavy atom. The molecule has 0 saturated heterocycles.